The van der Waals surface area contributed by atoms with Crippen LogP contribution >= 0.6 is 0 Å². The molecule has 0 aliphatic carbocycles. The topological polar surface area (TPSA) is 49.9 Å². The van der Waals surface area contributed by atoms with Gasteiger partial charge in [-0.05, 0) is 25.5 Å². The van der Waals surface area contributed by atoms with Crippen molar-refractivity contribution in [2.45, 2.75) is 26.4 Å². The highest BCUT2D eigenvalue weighted by Crippen LogP contribution is 2.21. The minimum absolute atomic E-state index is 0.230. The zero-order valence-electron chi connectivity index (χ0n) is 10.1. The number of benzene rings is 1. The third kappa shape index (κ3) is 3.24. The van der Waals surface area contributed by atoms with Crippen LogP contribution < -0.4 is 10.1 Å². The van der Waals surface area contributed by atoms with Gasteiger partial charge in [0.05, 0.1) is 6.10 Å². The number of nitrogens with one attached hydrogen (secondary N) is 2. The van der Waals surface area contributed by atoms with Gasteiger partial charge in [-0.1, -0.05) is 13.0 Å². The van der Waals surface area contributed by atoms with Crippen molar-refractivity contribution in [3.63, 3.8) is 0 Å². The molecule has 17 heavy (non-hydrogen) atoms. The van der Waals surface area contributed by atoms with E-state index in [0.717, 1.165) is 23.8 Å². The van der Waals surface area contributed by atoms with Crippen LogP contribution in [0.3, 0.4) is 0 Å². The van der Waals surface area contributed by atoms with E-state index in [9.17, 15) is 0 Å². The van der Waals surface area contributed by atoms with Gasteiger partial charge < -0.3 is 15.0 Å². The number of hydrogen-bond donors (Lipinski definition) is 2. The molecule has 1 unspecified atom stereocenters. The predicted octanol–water partition coefficient (Wildman–Crippen LogP) is 3.33. The number of nitrogens with zero attached hydrogens (tertiary/aromatic N) is 1. The third-order valence-corrected chi connectivity index (χ3v) is 2.51. The number of hydrogen-bond acceptors (Lipinski definition) is 3. The van der Waals surface area contributed by atoms with Crippen LogP contribution in [-0.4, -0.2) is 16.1 Å². The van der Waals surface area contributed by atoms with Crippen molar-refractivity contribution in [1.29, 1.82) is 0 Å². The van der Waals surface area contributed by atoms with Gasteiger partial charge in [0.25, 0.3) is 0 Å². The fourth-order valence-electron chi connectivity index (χ4n) is 1.43. The smallest absolute Gasteiger partial charge is 0.204 e. The van der Waals surface area contributed by atoms with Gasteiger partial charge in [0.2, 0.25) is 5.95 Å². The number of rotatable bonds is 5. The number of aromatic nitrogens is 2. The maximum Gasteiger partial charge on any atom is 0.204 e. The molecule has 0 bridgehead atoms. The summed E-state index contributed by atoms with van der Waals surface area (Å²) in [5.41, 5.74) is 0.959. The van der Waals surface area contributed by atoms with E-state index in [4.69, 9.17) is 4.74 Å². The van der Waals surface area contributed by atoms with Gasteiger partial charge in [-0.15, -0.1) is 0 Å². The summed E-state index contributed by atoms with van der Waals surface area (Å²) in [5.74, 6) is 1.60. The quantitative estimate of drug-likeness (QED) is 0.829. The molecule has 0 aliphatic rings. The van der Waals surface area contributed by atoms with E-state index in [1.807, 2.05) is 24.3 Å². The van der Waals surface area contributed by atoms with Gasteiger partial charge in [-0.25, -0.2) is 4.98 Å². The Kier molecular flexibility index (Phi) is 3.65. The van der Waals surface area contributed by atoms with Gasteiger partial charge in [-0.2, -0.15) is 0 Å². The van der Waals surface area contributed by atoms with Crippen LogP contribution in [0.15, 0.2) is 36.7 Å². The maximum atomic E-state index is 5.75. The summed E-state index contributed by atoms with van der Waals surface area (Å²) >= 11 is 0. The molecule has 2 rings (SSSR count). The van der Waals surface area contributed by atoms with E-state index >= 15 is 0 Å². The Morgan fingerprint density at radius 2 is 2.35 bits per heavy atom. The highest BCUT2D eigenvalue weighted by molar-refractivity contribution is 5.55. The lowest BCUT2D eigenvalue weighted by Crippen LogP contribution is -2.09. The second kappa shape index (κ2) is 5.39. The average Bonchev–Trinajstić information content (AvgIpc) is 2.82. The van der Waals surface area contributed by atoms with Crippen LogP contribution in [0.2, 0.25) is 0 Å². The molecule has 0 saturated heterocycles. The Hall–Kier alpha value is -1.97. The third-order valence-electron chi connectivity index (χ3n) is 2.51. The molecule has 2 N–H and O–H groups in total. The molecule has 4 nitrogen and oxygen atoms in total. The van der Waals surface area contributed by atoms with E-state index in [1.54, 1.807) is 12.4 Å². The maximum absolute atomic E-state index is 5.75. The van der Waals surface area contributed by atoms with Crippen LogP contribution in [-0.2, 0) is 0 Å². The zero-order valence-corrected chi connectivity index (χ0v) is 10.1. The van der Waals surface area contributed by atoms with Crippen molar-refractivity contribution in [3.8, 4) is 5.75 Å². The first-order chi connectivity index (χ1) is 8.28. The Labute approximate surface area is 101 Å². The van der Waals surface area contributed by atoms with Crippen molar-refractivity contribution in [2.75, 3.05) is 5.32 Å². The zero-order chi connectivity index (χ0) is 12.1. The van der Waals surface area contributed by atoms with Gasteiger partial charge in [-0.3, -0.25) is 0 Å². The first-order valence-electron chi connectivity index (χ1n) is 5.81. The summed E-state index contributed by atoms with van der Waals surface area (Å²) in [6.45, 7) is 4.17. The van der Waals surface area contributed by atoms with Crippen LogP contribution in [0, 0.1) is 0 Å². The number of anilines is 2. The van der Waals surface area contributed by atoms with E-state index < -0.39 is 0 Å². The fraction of sp³-hybridized carbons (Fsp3) is 0.308. The molecule has 1 heterocycles. The van der Waals surface area contributed by atoms with Crippen LogP contribution in [0.1, 0.15) is 20.3 Å². The Balaban J connectivity index is 2.06. The number of H-pyrrole nitrogens is 1. The fourth-order valence-corrected chi connectivity index (χ4v) is 1.43. The average molecular weight is 231 g/mol. The monoisotopic (exact) mass is 231 g/mol. The van der Waals surface area contributed by atoms with Crippen LogP contribution in [0.4, 0.5) is 11.6 Å². The lowest BCUT2D eigenvalue weighted by molar-refractivity contribution is 0.217. The standard InChI is InChI=1S/C13H17N3O/c1-3-10(2)17-12-6-4-5-11(9-12)16-13-14-7-8-15-13/h4-10H,3H2,1-2H3,(H2,14,15,16). The van der Waals surface area contributed by atoms with Crippen LogP contribution in [0.25, 0.3) is 0 Å². The summed E-state index contributed by atoms with van der Waals surface area (Å²) < 4.78 is 5.75. The number of ether oxygens (including phenoxy) is 1. The molecule has 1 aromatic carbocycles. The second-order valence-electron chi connectivity index (χ2n) is 3.93. The van der Waals surface area contributed by atoms with Crippen molar-refractivity contribution in [3.05, 3.63) is 36.7 Å². The molecule has 0 saturated carbocycles. The van der Waals surface area contributed by atoms with Gasteiger partial charge in [0.15, 0.2) is 0 Å². The summed E-state index contributed by atoms with van der Waals surface area (Å²) in [7, 11) is 0. The molecule has 0 fully saturated rings. The molecule has 4 heteroatoms. The summed E-state index contributed by atoms with van der Waals surface area (Å²) in [6.07, 6.45) is 4.72. The number of aromatic amines is 1. The van der Waals surface area contributed by atoms with Crippen molar-refractivity contribution in [1.82, 2.24) is 9.97 Å². The second-order valence-corrected chi connectivity index (χ2v) is 3.93. The summed E-state index contributed by atoms with van der Waals surface area (Å²) in [5, 5.41) is 3.17. The van der Waals surface area contributed by atoms with E-state index in [-0.39, 0.29) is 6.10 Å². The van der Waals surface area contributed by atoms with Gasteiger partial charge in [0, 0.05) is 24.1 Å². The van der Waals surface area contributed by atoms with Gasteiger partial charge in [0.1, 0.15) is 5.75 Å². The summed E-state index contributed by atoms with van der Waals surface area (Å²) in [6, 6.07) is 7.86. The molecule has 0 radical (unpaired) electrons. The van der Waals surface area contributed by atoms with E-state index in [1.165, 1.54) is 0 Å². The van der Waals surface area contributed by atoms with Crippen molar-refractivity contribution in [2.24, 2.45) is 0 Å². The molecular formula is C13H17N3O. The normalized spacial score (nSPS) is 12.1. The van der Waals surface area contributed by atoms with Crippen LogP contribution in [0.5, 0.6) is 5.75 Å². The summed E-state index contributed by atoms with van der Waals surface area (Å²) in [4.78, 5) is 7.10. The molecular weight excluding hydrogens is 214 g/mol. The lowest BCUT2D eigenvalue weighted by Gasteiger charge is -2.13. The molecule has 90 valence electrons. The van der Waals surface area contributed by atoms with E-state index in [0.29, 0.717) is 0 Å². The Morgan fingerprint density at radius 3 is 3.06 bits per heavy atom. The molecule has 1 atom stereocenters. The highest BCUT2D eigenvalue weighted by Gasteiger charge is 2.02. The minimum atomic E-state index is 0.230. The van der Waals surface area contributed by atoms with Crippen molar-refractivity contribution < 1.29 is 4.74 Å². The lowest BCUT2D eigenvalue weighted by atomic mass is 10.3. The molecule has 0 aliphatic heterocycles. The highest BCUT2D eigenvalue weighted by atomic mass is 16.5. The predicted molar refractivity (Wildman–Crippen MR) is 68.7 cm³/mol. The van der Waals surface area contributed by atoms with Crippen molar-refractivity contribution >= 4 is 11.6 Å². The molecule has 2 aromatic rings. The Morgan fingerprint density at radius 1 is 1.47 bits per heavy atom. The molecule has 1 aromatic heterocycles. The Bertz CT molecular complexity index is 453. The SMILES string of the molecule is CCC(C)Oc1cccc(Nc2ncc[nH]2)c1. The molecule has 0 amide bonds. The molecule has 0 spiro atoms. The number of imidazole rings is 1. The largest absolute Gasteiger partial charge is 0.491 e. The van der Waals surface area contributed by atoms with Gasteiger partial charge >= 0.3 is 0 Å². The first kappa shape index (κ1) is 11.5. The minimum Gasteiger partial charge on any atom is -0.491 e. The van der Waals surface area contributed by atoms with E-state index in [2.05, 4.69) is 29.1 Å². The first-order valence-corrected chi connectivity index (χ1v) is 5.81.